The van der Waals surface area contributed by atoms with E-state index < -0.39 is 0 Å². The van der Waals surface area contributed by atoms with E-state index in [1.807, 2.05) is 0 Å². The first-order valence-electron chi connectivity index (χ1n) is 1.95. The van der Waals surface area contributed by atoms with Gasteiger partial charge in [0, 0.05) is 5.25 Å². The molecule has 1 radical (unpaired) electrons. The predicted molar refractivity (Wildman–Crippen MR) is 23.8 cm³/mol. The Morgan fingerprint density at radius 2 is 2.60 bits per heavy atom. The van der Waals surface area contributed by atoms with E-state index in [-0.39, 0.29) is 0 Å². The third-order valence-electron chi connectivity index (χ3n) is 1.21. The van der Waals surface area contributed by atoms with Crippen LogP contribution in [-0.4, -0.2) is 5.75 Å². The zero-order valence-electron chi connectivity index (χ0n) is 2.90. The molecule has 0 aromatic carbocycles. The van der Waals surface area contributed by atoms with Crippen LogP contribution in [0.5, 0.6) is 0 Å². The van der Waals surface area contributed by atoms with E-state index in [2.05, 4.69) is 11.8 Å². The molecule has 2 fully saturated rings. The topological polar surface area (TPSA) is 0 Å². The monoisotopic (exact) mass is 85.0 g/mol. The molecule has 0 nitrogen and oxygen atoms in total. The first kappa shape index (κ1) is 2.51. The summed E-state index contributed by atoms with van der Waals surface area (Å²) in [6.07, 6.45) is 1.46. The van der Waals surface area contributed by atoms with Crippen molar-refractivity contribution in [2.45, 2.75) is 6.42 Å². The number of rotatable bonds is 0. The van der Waals surface area contributed by atoms with Gasteiger partial charge in [0.1, 0.15) is 0 Å². The summed E-state index contributed by atoms with van der Waals surface area (Å²) < 4.78 is 0. The number of hydrogen-bond acceptors (Lipinski definition) is 1. The summed E-state index contributed by atoms with van der Waals surface area (Å²) in [5.41, 5.74) is 0. The van der Waals surface area contributed by atoms with Gasteiger partial charge in [-0.1, -0.05) is 0 Å². The van der Waals surface area contributed by atoms with Gasteiger partial charge in [0.25, 0.3) is 0 Å². The second-order valence-corrected chi connectivity index (χ2v) is 2.82. The molecule has 1 aliphatic heterocycles. The zero-order valence-corrected chi connectivity index (χ0v) is 3.72. The lowest BCUT2D eigenvalue weighted by molar-refractivity contribution is 1.01. The molecule has 0 N–H and O–H groups in total. The highest BCUT2D eigenvalue weighted by atomic mass is 32.2. The van der Waals surface area contributed by atoms with Gasteiger partial charge in [-0.2, -0.15) is 11.8 Å². The second-order valence-electron chi connectivity index (χ2n) is 1.68. The molecule has 1 aliphatic carbocycles. The van der Waals surface area contributed by atoms with Crippen molar-refractivity contribution >= 4 is 11.8 Å². The minimum atomic E-state index is 1.11. The average Bonchev–Trinajstić information content (AvgIpc) is 1.74. The molecule has 0 bridgehead atoms. The molecule has 0 aromatic rings. The Hall–Kier alpha value is 0.350. The van der Waals surface area contributed by atoms with Crippen LogP contribution in [0.25, 0.3) is 0 Å². The molecular weight excluding hydrogens is 80.1 g/mol. The lowest BCUT2D eigenvalue weighted by atomic mass is 10.5. The quantitative estimate of drug-likeness (QED) is 0.427. The van der Waals surface area contributed by atoms with Crippen molar-refractivity contribution < 1.29 is 0 Å². The van der Waals surface area contributed by atoms with Crippen LogP contribution in [0.3, 0.4) is 0 Å². The standard InChI is InChI=1S/C4H5S/c1-3-2-5-4(1)3/h3H,1-2H2. The molecule has 1 unspecified atom stereocenters. The highest BCUT2D eigenvalue weighted by molar-refractivity contribution is 8.04. The van der Waals surface area contributed by atoms with Crippen molar-refractivity contribution in [2.75, 3.05) is 5.75 Å². The van der Waals surface area contributed by atoms with Crippen LogP contribution in [0.2, 0.25) is 0 Å². The molecule has 27 valence electrons. The highest BCUT2D eigenvalue weighted by Crippen LogP contribution is 2.61. The summed E-state index contributed by atoms with van der Waals surface area (Å²) in [5.74, 6) is 2.55. The van der Waals surface area contributed by atoms with Gasteiger partial charge in [0.15, 0.2) is 0 Å². The maximum Gasteiger partial charge on any atom is 0.0349 e. The van der Waals surface area contributed by atoms with E-state index in [9.17, 15) is 0 Å². The van der Waals surface area contributed by atoms with Crippen molar-refractivity contribution in [3.8, 4) is 0 Å². The molecule has 5 heavy (non-hydrogen) atoms. The summed E-state index contributed by atoms with van der Waals surface area (Å²) in [6, 6.07) is 0. The Labute approximate surface area is 35.9 Å². The first-order chi connectivity index (χ1) is 2.47. The SMILES string of the molecule is C1S[C]2CC12. The molecule has 0 spiro atoms. The van der Waals surface area contributed by atoms with Crippen molar-refractivity contribution in [2.24, 2.45) is 5.92 Å². The van der Waals surface area contributed by atoms with E-state index in [1.54, 1.807) is 5.25 Å². The summed E-state index contributed by atoms with van der Waals surface area (Å²) in [7, 11) is 0. The minimum Gasteiger partial charge on any atom is -0.153 e. The van der Waals surface area contributed by atoms with Crippen LogP contribution < -0.4 is 0 Å². The molecule has 1 atom stereocenters. The first-order valence-corrected chi connectivity index (χ1v) is 2.94. The minimum absolute atomic E-state index is 1.11. The van der Waals surface area contributed by atoms with Crippen LogP contribution in [0.4, 0.5) is 0 Å². The van der Waals surface area contributed by atoms with Gasteiger partial charge in [0.2, 0.25) is 0 Å². The fourth-order valence-electron chi connectivity index (χ4n) is 0.621. The van der Waals surface area contributed by atoms with Crippen LogP contribution in [-0.2, 0) is 0 Å². The largest absolute Gasteiger partial charge is 0.153 e. The van der Waals surface area contributed by atoms with E-state index in [1.165, 1.54) is 12.2 Å². The Morgan fingerprint density at radius 3 is 2.60 bits per heavy atom. The van der Waals surface area contributed by atoms with Crippen LogP contribution >= 0.6 is 11.8 Å². The van der Waals surface area contributed by atoms with Gasteiger partial charge in [-0.3, -0.25) is 0 Å². The van der Waals surface area contributed by atoms with E-state index in [0.29, 0.717) is 0 Å². The summed E-state index contributed by atoms with van der Waals surface area (Å²) >= 11 is 2.05. The third-order valence-corrected chi connectivity index (χ3v) is 2.65. The number of fused-ring (bicyclic) bond motifs is 1. The van der Waals surface area contributed by atoms with E-state index in [0.717, 1.165) is 5.92 Å². The smallest absolute Gasteiger partial charge is 0.0349 e. The number of hydrogen-bond donors (Lipinski definition) is 0. The fourth-order valence-corrected chi connectivity index (χ4v) is 1.70. The molecule has 2 aliphatic rings. The third kappa shape index (κ3) is 0.186. The Morgan fingerprint density at radius 1 is 1.80 bits per heavy atom. The molecular formula is C4H5S. The van der Waals surface area contributed by atoms with Gasteiger partial charge < -0.3 is 0 Å². The Balaban J connectivity index is 2.19. The summed E-state index contributed by atoms with van der Waals surface area (Å²) in [5, 5.41) is 1.77. The summed E-state index contributed by atoms with van der Waals surface area (Å²) in [6.45, 7) is 0. The molecule has 0 amide bonds. The maximum atomic E-state index is 2.05. The lowest BCUT2D eigenvalue weighted by Gasteiger charge is -2.03. The Bertz CT molecular complexity index is 48.7. The maximum absolute atomic E-state index is 2.05. The van der Waals surface area contributed by atoms with Gasteiger partial charge >= 0.3 is 0 Å². The molecule has 1 heterocycles. The number of thioether (sulfide) groups is 1. The zero-order chi connectivity index (χ0) is 3.28. The highest BCUT2D eigenvalue weighted by Gasteiger charge is 2.46. The van der Waals surface area contributed by atoms with Crippen molar-refractivity contribution in [1.29, 1.82) is 0 Å². The molecule has 1 saturated heterocycles. The van der Waals surface area contributed by atoms with Crippen molar-refractivity contribution in [3.05, 3.63) is 5.25 Å². The fraction of sp³-hybridized carbons (Fsp3) is 0.750. The molecule has 2 rings (SSSR count). The van der Waals surface area contributed by atoms with Crippen molar-refractivity contribution in [3.63, 3.8) is 0 Å². The predicted octanol–water partition coefficient (Wildman–Crippen LogP) is 1.29. The molecule has 1 heteroatoms. The van der Waals surface area contributed by atoms with Gasteiger partial charge in [0.05, 0.1) is 0 Å². The van der Waals surface area contributed by atoms with Crippen LogP contribution in [0.15, 0.2) is 0 Å². The van der Waals surface area contributed by atoms with Crippen molar-refractivity contribution in [1.82, 2.24) is 0 Å². The van der Waals surface area contributed by atoms with Crippen LogP contribution in [0.1, 0.15) is 6.42 Å². The van der Waals surface area contributed by atoms with Gasteiger partial charge in [-0.05, 0) is 18.1 Å². The normalized spacial score (nSPS) is 46.8. The molecule has 0 aromatic heterocycles. The van der Waals surface area contributed by atoms with Gasteiger partial charge in [-0.15, -0.1) is 0 Å². The van der Waals surface area contributed by atoms with E-state index >= 15 is 0 Å². The van der Waals surface area contributed by atoms with E-state index in [4.69, 9.17) is 0 Å². The summed E-state index contributed by atoms with van der Waals surface area (Å²) in [4.78, 5) is 0. The van der Waals surface area contributed by atoms with Gasteiger partial charge in [-0.25, -0.2) is 0 Å². The molecule has 1 saturated carbocycles. The second kappa shape index (κ2) is 0.558. The Kier molecular flexibility index (Phi) is 0.280. The lowest BCUT2D eigenvalue weighted by Crippen LogP contribution is -1.91. The van der Waals surface area contributed by atoms with Crippen LogP contribution in [0, 0.1) is 11.2 Å². The average molecular weight is 85.2 g/mol.